The third-order valence-electron chi connectivity index (χ3n) is 4.49. The predicted octanol–water partition coefficient (Wildman–Crippen LogP) is 2.27. The summed E-state index contributed by atoms with van der Waals surface area (Å²) in [5.41, 5.74) is 0.151. The topological polar surface area (TPSA) is 71.3 Å². The molecule has 2 amide bonds. The maximum atomic E-state index is 13.1. The fourth-order valence-electron chi connectivity index (χ4n) is 2.94. The van der Waals surface area contributed by atoms with Gasteiger partial charge >= 0.3 is 0 Å². The molecule has 1 aliphatic rings. The van der Waals surface area contributed by atoms with E-state index >= 15 is 0 Å². The molecule has 0 bridgehead atoms. The molecule has 5 nitrogen and oxygen atoms in total. The van der Waals surface area contributed by atoms with E-state index in [0.29, 0.717) is 18.6 Å². The minimum atomic E-state index is -0.644. The van der Waals surface area contributed by atoms with E-state index in [4.69, 9.17) is 4.42 Å². The Labute approximate surface area is 139 Å². The van der Waals surface area contributed by atoms with Gasteiger partial charge in [-0.15, -0.1) is 0 Å². The monoisotopic (exact) mass is 330 g/mol. The third kappa shape index (κ3) is 3.32. The second kappa shape index (κ2) is 6.86. The van der Waals surface area contributed by atoms with Gasteiger partial charge in [0.25, 0.3) is 0 Å². The van der Waals surface area contributed by atoms with E-state index in [1.54, 1.807) is 24.3 Å². The summed E-state index contributed by atoms with van der Waals surface area (Å²) in [4.78, 5) is 24.4. The first-order chi connectivity index (χ1) is 11.6. The van der Waals surface area contributed by atoms with E-state index in [0.717, 1.165) is 12.0 Å². The number of carbonyl (C=O) groups is 2. The highest BCUT2D eigenvalue weighted by Gasteiger charge is 2.45. The minimum Gasteiger partial charge on any atom is -0.467 e. The quantitative estimate of drug-likeness (QED) is 0.853. The Morgan fingerprint density at radius 3 is 2.46 bits per heavy atom. The van der Waals surface area contributed by atoms with Crippen LogP contribution in [0.1, 0.15) is 30.6 Å². The molecule has 0 saturated heterocycles. The molecular weight excluding hydrogens is 311 g/mol. The zero-order chi connectivity index (χ0) is 17.0. The summed E-state index contributed by atoms with van der Waals surface area (Å²) in [5.74, 6) is -0.149. The summed E-state index contributed by atoms with van der Waals surface area (Å²) in [7, 11) is 0. The van der Waals surface area contributed by atoms with Crippen molar-refractivity contribution in [3.63, 3.8) is 0 Å². The van der Waals surface area contributed by atoms with Gasteiger partial charge in [-0.1, -0.05) is 18.6 Å². The molecule has 1 saturated carbocycles. The van der Waals surface area contributed by atoms with Gasteiger partial charge in [-0.25, -0.2) is 4.39 Å². The lowest BCUT2D eigenvalue weighted by atomic mass is 9.64. The van der Waals surface area contributed by atoms with Gasteiger partial charge < -0.3 is 15.1 Å². The van der Waals surface area contributed by atoms with E-state index in [9.17, 15) is 14.0 Å². The number of nitrogens with one attached hydrogen (secondary N) is 2. The Balaban J connectivity index is 1.55. The lowest BCUT2D eigenvalue weighted by Crippen LogP contribution is -2.51. The fourth-order valence-corrected chi connectivity index (χ4v) is 2.94. The van der Waals surface area contributed by atoms with Crippen molar-refractivity contribution in [2.24, 2.45) is 0 Å². The van der Waals surface area contributed by atoms with E-state index in [2.05, 4.69) is 10.6 Å². The highest BCUT2D eigenvalue weighted by molar-refractivity contribution is 5.92. The highest BCUT2D eigenvalue weighted by atomic mass is 19.1. The average Bonchev–Trinajstić information content (AvgIpc) is 3.05. The van der Waals surface area contributed by atoms with Gasteiger partial charge in [0.15, 0.2) is 0 Å². The number of hydrogen-bond donors (Lipinski definition) is 2. The second-order valence-electron chi connectivity index (χ2n) is 5.98. The van der Waals surface area contributed by atoms with Crippen molar-refractivity contribution in [3.8, 4) is 0 Å². The van der Waals surface area contributed by atoms with Crippen LogP contribution in [0.2, 0.25) is 0 Å². The Morgan fingerprint density at radius 2 is 1.88 bits per heavy atom. The van der Waals surface area contributed by atoms with Crippen LogP contribution >= 0.6 is 0 Å². The van der Waals surface area contributed by atoms with Crippen LogP contribution in [0.25, 0.3) is 0 Å². The molecule has 3 rings (SSSR count). The highest BCUT2D eigenvalue weighted by Crippen LogP contribution is 2.43. The smallest absolute Gasteiger partial charge is 0.239 e. The van der Waals surface area contributed by atoms with Gasteiger partial charge in [-0.2, -0.15) is 0 Å². The van der Waals surface area contributed by atoms with Crippen LogP contribution in [0.15, 0.2) is 47.1 Å². The van der Waals surface area contributed by atoms with Crippen molar-refractivity contribution >= 4 is 11.8 Å². The Hall–Kier alpha value is -2.63. The molecule has 1 aromatic carbocycles. The first kappa shape index (κ1) is 16.2. The van der Waals surface area contributed by atoms with Crippen LogP contribution in [0.3, 0.4) is 0 Å². The van der Waals surface area contributed by atoms with Crippen molar-refractivity contribution in [2.75, 3.05) is 6.54 Å². The van der Waals surface area contributed by atoms with Crippen LogP contribution in [-0.2, 0) is 21.5 Å². The Morgan fingerprint density at radius 1 is 1.12 bits per heavy atom. The molecule has 0 unspecified atom stereocenters. The molecule has 0 atom stereocenters. The number of carbonyl (C=O) groups excluding carboxylic acids is 2. The molecular formula is C18H19FN2O3. The Bertz CT molecular complexity index is 706. The summed E-state index contributed by atoms with van der Waals surface area (Å²) in [5, 5.41) is 5.37. The first-order valence-corrected chi connectivity index (χ1v) is 7.94. The molecule has 1 fully saturated rings. The molecule has 1 aliphatic carbocycles. The van der Waals surface area contributed by atoms with E-state index in [-0.39, 0.29) is 30.7 Å². The largest absolute Gasteiger partial charge is 0.467 e. The normalized spacial score (nSPS) is 15.4. The van der Waals surface area contributed by atoms with Crippen LogP contribution in [0, 0.1) is 5.82 Å². The van der Waals surface area contributed by atoms with Crippen LogP contribution < -0.4 is 10.6 Å². The fraction of sp³-hybridized carbons (Fsp3) is 0.333. The van der Waals surface area contributed by atoms with Crippen LogP contribution in [0.4, 0.5) is 4.39 Å². The van der Waals surface area contributed by atoms with Crippen molar-refractivity contribution < 1.29 is 18.4 Å². The summed E-state index contributed by atoms with van der Waals surface area (Å²) in [6, 6.07) is 9.51. The molecule has 1 aromatic heterocycles. The van der Waals surface area contributed by atoms with Crippen LogP contribution in [-0.4, -0.2) is 18.4 Å². The molecule has 2 aromatic rings. The second-order valence-corrected chi connectivity index (χ2v) is 5.98. The number of rotatable bonds is 6. The van der Waals surface area contributed by atoms with Gasteiger partial charge in [0, 0.05) is 0 Å². The van der Waals surface area contributed by atoms with Crippen molar-refractivity contribution in [1.29, 1.82) is 0 Å². The number of hydrogen-bond acceptors (Lipinski definition) is 3. The molecule has 0 spiro atoms. The maximum Gasteiger partial charge on any atom is 0.239 e. The lowest BCUT2D eigenvalue weighted by molar-refractivity contribution is -0.132. The van der Waals surface area contributed by atoms with Gasteiger partial charge in [0.05, 0.1) is 24.8 Å². The van der Waals surface area contributed by atoms with Gasteiger partial charge in [0.2, 0.25) is 11.8 Å². The summed E-state index contributed by atoms with van der Waals surface area (Å²) >= 11 is 0. The van der Waals surface area contributed by atoms with E-state index < -0.39 is 5.41 Å². The SMILES string of the molecule is O=C(CNC(=O)C1(c2ccc(F)cc2)CCC1)NCc1ccco1. The van der Waals surface area contributed by atoms with E-state index in [1.807, 2.05) is 0 Å². The molecule has 0 aliphatic heterocycles. The zero-order valence-electron chi connectivity index (χ0n) is 13.2. The molecule has 126 valence electrons. The number of halogens is 1. The van der Waals surface area contributed by atoms with Crippen molar-refractivity contribution in [1.82, 2.24) is 10.6 Å². The third-order valence-corrected chi connectivity index (χ3v) is 4.49. The number of furan rings is 1. The molecule has 0 radical (unpaired) electrons. The van der Waals surface area contributed by atoms with E-state index in [1.165, 1.54) is 18.4 Å². The molecule has 6 heteroatoms. The van der Waals surface area contributed by atoms with Gasteiger partial charge in [-0.05, 0) is 42.7 Å². The average molecular weight is 330 g/mol. The molecule has 24 heavy (non-hydrogen) atoms. The standard InChI is InChI=1S/C18H19FN2O3/c19-14-6-4-13(5-7-14)18(8-2-9-18)17(23)21-12-16(22)20-11-15-3-1-10-24-15/h1,3-7,10H,2,8-9,11-12H2,(H,20,22)(H,21,23). The van der Waals surface area contributed by atoms with Crippen molar-refractivity contribution in [3.05, 3.63) is 59.8 Å². The maximum absolute atomic E-state index is 13.1. The predicted molar refractivity (Wildman–Crippen MR) is 85.5 cm³/mol. The van der Waals surface area contributed by atoms with Crippen LogP contribution in [0.5, 0.6) is 0 Å². The molecule has 1 heterocycles. The lowest BCUT2D eigenvalue weighted by Gasteiger charge is -2.40. The minimum absolute atomic E-state index is 0.0948. The number of amides is 2. The summed E-state index contributed by atoms with van der Waals surface area (Å²) in [6.45, 7) is 0.188. The summed E-state index contributed by atoms with van der Waals surface area (Å²) < 4.78 is 18.2. The summed E-state index contributed by atoms with van der Waals surface area (Å²) in [6.07, 6.45) is 3.89. The van der Waals surface area contributed by atoms with Gasteiger partial charge in [-0.3, -0.25) is 9.59 Å². The first-order valence-electron chi connectivity index (χ1n) is 7.94. The zero-order valence-corrected chi connectivity index (χ0v) is 13.2. The Kier molecular flexibility index (Phi) is 4.64. The number of benzene rings is 1. The van der Waals surface area contributed by atoms with Crippen molar-refractivity contribution in [2.45, 2.75) is 31.2 Å². The molecule has 2 N–H and O–H groups in total. The van der Waals surface area contributed by atoms with Gasteiger partial charge in [0.1, 0.15) is 11.6 Å².